The van der Waals surface area contributed by atoms with Crippen molar-refractivity contribution in [3.8, 4) is 11.8 Å². The van der Waals surface area contributed by atoms with Gasteiger partial charge in [-0.1, -0.05) is 22.9 Å². The zero-order valence-electron chi connectivity index (χ0n) is 10.6. The van der Waals surface area contributed by atoms with E-state index in [1.54, 1.807) is 13.0 Å². The molecule has 0 saturated heterocycles. The van der Waals surface area contributed by atoms with Crippen molar-refractivity contribution in [3.63, 3.8) is 0 Å². The fourth-order valence-electron chi connectivity index (χ4n) is 1.48. The average Bonchev–Trinajstić information content (AvgIpc) is 2.36. The molecule has 1 atom stereocenters. The number of ether oxygens (including phenoxy) is 1. The van der Waals surface area contributed by atoms with Gasteiger partial charge in [0, 0.05) is 10.5 Å². The molecule has 0 aliphatic carbocycles. The first-order chi connectivity index (χ1) is 8.90. The Bertz CT molecular complexity index is 515. The summed E-state index contributed by atoms with van der Waals surface area (Å²) in [6.45, 7) is 4.33. The summed E-state index contributed by atoms with van der Waals surface area (Å²) in [5.41, 5.74) is -0.891. The highest BCUT2D eigenvalue weighted by atomic mass is 79.9. The quantitative estimate of drug-likeness (QED) is 0.640. The number of nitro benzene ring substituents is 1. The van der Waals surface area contributed by atoms with E-state index in [9.17, 15) is 10.1 Å². The summed E-state index contributed by atoms with van der Waals surface area (Å²) >= 11 is 3.18. The molecule has 0 spiro atoms. The van der Waals surface area contributed by atoms with Crippen LogP contribution in [0.4, 0.5) is 5.69 Å². The second-order valence-corrected chi connectivity index (χ2v) is 5.08. The Labute approximate surface area is 119 Å². The lowest BCUT2D eigenvalue weighted by Crippen LogP contribution is -2.46. The fraction of sp³-hybridized carbons (Fsp3) is 0.417. The van der Waals surface area contributed by atoms with Crippen LogP contribution in [-0.4, -0.2) is 23.6 Å². The molecule has 0 aliphatic heterocycles. The van der Waals surface area contributed by atoms with Crippen LogP contribution in [0.2, 0.25) is 0 Å². The Hall–Kier alpha value is -1.65. The molecular weight excluding hydrogens is 314 g/mol. The molecule has 0 heterocycles. The minimum absolute atomic E-state index is 0.0634. The van der Waals surface area contributed by atoms with Crippen LogP contribution in [0.15, 0.2) is 22.7 Å². The summed E-state index contributed by atoms with van der Waals surface area (Å²) in [6.07, 6.45) is 0. The van der Waals surface area contributed by atoms with Crippen LogP contribution < -0.4 is 10.1 Å². The molecule has 6 nitrogen and oxygen atoms in total. The molecule has 0 amide bonds. The van der Waals surface area contributed by atoms with Crippen molar-refractivity contribution in [3.05, 3.63) is 32.8 Å². The maximum Gasteiger partial charge on any atom is 0.274 e. The molecule has 102 valence electrons. The van der Waals surface area contributed by atoms with E-state index in [2.05, 4.69) is 27.3 Å². The molecule has 19 heavy (non-hydrogen) atoms. The molecule has 0 fully saturated rings. The fourth-order valence-corrected chi connectivity index (χ4v) is 1.94. The zero-order valence-corrected chi connectivity index (χ0v) is 12.2. The maximum atomic E-state index is 10.7. The molecule has 1 unspecified atom stereocenters. The second kappa shape index (κ2) is 6.50. The van der Waals surface area contributed by atoms with Gasteiger partial charge in [0.1, 0.15) is 17.9 Å². The first kappa shape index (κ1) is 15.4. The third kappa shape index (κ3) is 4.50. The van der Waals surface area contributed by atoms with E-state index in [-0.39, 0.29) is 12.3 Å². The molecule has 0 radical (unpaired) electrons. The van der Waals surface area contributed by atoms with Crippen molar-refractivity contribution < 1.29 is 9.66 Å². The third-order valence-electron chi connectivity index (χ3n) is 2.41. The van der Waals surface area contributed by atoms with Crippen molar-refractivity contribution in [1.29, 1.82) is 5.26 Å². The summed E-state index contributed by atoms with van der Waals surface area (Å²) in [7, 11) is 0. The van der Waals surface area contributed by atoms with Gasteiger partial charge >= 0.3 is 0 Å². The van der Waals surface area contributed by atoms with Crippen molar-refractivity contribution >= 4 is 21.6 Å². The zero-order chi connectivity index (χ0) is 14.5. The number of likely N-dealkylation sites (N-methyl/N-ethyl adjacent to an activating group) is 1. The van der Waals surface area contributed by atoms with Gasteiger partial charge in [0.15, 0.2) is 0 Å². The third-order valence-corrected chi connectivity index (χ3v) is 2.87. The molecule has 1 rings (SSSR count). The largest absolute Gasteiger partial charge is 0.490 e. The summed E-state index contributed by atoms with van der Waals surface area (Å²) in [5.74, 6) is 0.348. The lowest BCUT2D eigenvalue weighted by molar-refractivity contribution is -0.385. The summed E-state index contributed by atoms with van der Waals surface area (Å²) < 4.78 is 6.02. The molecule has 1 N–H and O–H groups in total. The van der Waals surface area contributed by atoms with Crippen LogP contribution in [0.25, 0.3) is 0 Å². The van der Waals surface area contributed by atoms with Crippen LogP contribution in [-0.2, 0) is 0 Å². The normalized spacial score (nSPS) is 13.4. The van der Waals surface area contributed by atoms with Gasteiger partial charge in [-0.05, 0) is 19.5 Å². The number of nitrogens with zero attached hydrogens (tertiary/aromatic N) is 2. The van der Waals surface area contributed by atoms with Crippen LogP contribution in [0.5, 0.6) is 5.75 Å². The molecule has 1 aromatic carbocycles. The summed E-state index contributed by atoms with van der Waals surface area (Å²) in [5, 5.41) is 22.8. The Morgan fingerprint density at radius 2 is 2.26 bits per heavy atom. The van der Waals surface area contributed by atoms with Gasteiger partial charge in [0.25, 0.3) is 5.69 Å². The van der Waals surface area contributed by atoms with Gasteiger partial charge in [-0.2, -0.15) is 5.26 Å². The van der Waals surface area contributed by atoms with E-state index in [1.807, 2.05) is 6.92 Å². The highest BCUT2D eigenvalue weighted by molar-refractivity contribution is 9.10. The molecular formula is C12H14BrN3O3. The minimum Gasteiger partial charge on any atom is -0.490 e. The number of nitro groups is 1. The van der Waals surface area contributed by atoms with Gasteiger partial charge in [0.05, 0.1) is 17.1 Å². The Kier molecular flexibility index (Phi) is 5.27. The highest BCUT2D eigenvalue weighted by Gasteiger charge is 2.23. The van der Waals surface area contributed by atoms with E-state index >= 15 is 0 Å². The number of benzene rings is 1. The van der Waals surface area contributed by atoms with E-state index in [1.165, 1.54) is 12.1 Å². The number of hydrogen-bond donors (Lipinski definition) is 1. The lowest BCUT2D eigenvalue weighted by Gasteiger charge is -2.22. The van der Waals surface area contributed by atoms with Crippen molar-refractivity contribution in [2.24, 2.45) is 0 Å². The van der Waals surface area contributed by atoms with Gasteiger partial charge < -0.3 is 4.74 Å². The van der Waals surface area contributed by atoms with E-state index < -0.39 is 10.5 Å². The standard InChI is InChI=1S/C12H14BrN3O3/c1-3-15-12(2,7-14)8-19-11-5-9(13)4-10(6-11)16(17)18/h4-6,15H,3,8H2,1-2H3. The van der Waals surface area contributed by atoms with E-state index in [4.69, 9.17) is 10.00 Å². The van der Waals surface area contributed by atoms with E-state index in [0.717, 1.165) is 0 Å². The average molecular weight is 328 g/mol. The minimum atomic E-state index is -0.828. The van der Waals surface area contributed by atoms with Crippen LogP contribution >= 0.6 is 15.9 Å². The molecule has 0 bridgehead atoms. The van der Waals surface area contributed by atoms with Gasteiger partial charge in [-0.3, -0.25) is 15.4 Å². The Balaban J connectivity index is 2.83. The maximum absolute atomic E-state index is 10.7. The summed E-state index contributed by atoms with van der Waals surface area (Å²) in [4.78, 5) is 10.2. The second-order valence-electron chi connectivity index (χ2n) is 4.17. The highest BCUT2D eigenvalue weighted by Crippen LogP contribution is 2.26. The van der Waals surface area contributed by atoms with Crippen molar-refractivity contribution in [2.45, 2.75) is 19.4 Å². The van der Waals surface area contributed by atoms with E-state index in [0.29, 0.717) is 16.8 Å². The van der Waals surface area contributed by atoms with Crippen molar-refractivity contribution in [1.82, 2.24) is 5.32 Å². The monoisotopic (exact) mass is 327 g/mol. The summed E-state index contributed by atoms with van der Waals surface area (Å²) in [6, 6.07) is 6.46. The Morgan fingerprint density at radius 3 is 2.79 bits per heavy atom. The van der Waals surface area contributed by atoms with Crippen LogP contribution in [0, 0.1) is 21.4 Å². The number of non-ortho nitro benzene ring substituents is 1. The number of rotatable bonds is 6. The van der Waals surface area contributed by atoms with Crippen LogP contribution in [0.1, 0.15) is 13.8 Å². The van der Waals surface area contributed by atoms with Gasteiger partial charge in [-0.15, -0.1) is 0 Å². The SMILES string of the molecule is CCNC(C)(C#N)COc1cc(Br)cc([N+](=O)[O-])c1. The predicted octanol–water partition coefficient (Wildman–Crippen LogP) is 2.63. The van der Waals surface area contributed by atoms with Gasteiger partial charge in [0.2, 0.25) is 0 Å². The lowest BCUT2D eigenvalue weighted by atomic mass is 10.1. The predicted molar refractivity (Wildman–Crippen MR) is 74.0 cm³/mol. The van der Waals surface area contributed by atoms with Crippen molar-refractivity contribution in [2.75, 3.05) is 13.2 Å². The topological polar surface area (TPSA) is 88.2 Å². The molecule has 0 aromatic heterocycles. The number of nitrogens with one attached hydrogen (secondary N) is 1. The smallest absolute Gasteiger partial charge is 0.274 e. The van der Waals surface area contributed by atoms with Gasteiger partial charge in [-0.25, -0.2) is 0 Å². The molecule has 1 aromatic rings. The molecule has 0 saturated carbocycles. The number of hydrogen-bond acceptors (Lipinski definition) is 5. The molecule has 7 heteroatoms. The first-order valence-electron chi connectivity index (χ1n) is 5.64. The first-order valence-corrected chi connectivity index (χ1v) is 6.43. The Morgan fingerprint density at radius 1 is 1.58 bits per heavy atom. The van der Waals surface area contributed by atoms with Crippen LogP contribution in [0.3, 0.4) is 0 Å². The number of nitriles is 1. The number of halogens is 1. The molecule has 0 aliphatic rings.